The minimum atomic E-state index is -0.986. The van der Waals surface area contributed by atoms with Crippen LogP contribution in [0.25, 0.3) is 0 Å². The third-order valence-electron chi connectivity index (χ3n) is 3.41. The third-order valence-corrected chi connectivity index (χ3v) is 3.41. The lowest BCUT2D eigenvalue weighted by molar-refractivity contribution is -0.141. The van der Waals surface area contributed by atoms with E-state index in [-0.39, 0.29) is 0 Å². The number of nitriles is 1. The first-order valence-corrected chi connectivity index (χ1v) is 6.34. The Kier molecular flexibility index (Phi) is 3.89. The van der Waals surface area contributed by atoms with Crippen LogP contribution in [0.15, 0.2) is 18.2 Å². The van der Waals surface area contributed by atoms with Crippen LogP contribution in [0.4, 0.5) is 10.5 Å². The zero-order chi connectivity index (χ0) is 14.7. The lowest BCUT2D eigenvalue weighted by atomic mass is 10.1. The van der Waals surface area contributed by atoms with E-state index in [1.807, 2.05) is 13.0 Å². The Balaban J connectivity index is 2.16. The molecule has 0 spiro atoms. The van der Waals surface area contributed by atoms with Crippen LogP contribution < -0.4 is 5.32 Å². The summed E-state index contributed by atoms with van der Waals surface area (Å²) in [5.41, 5.74) is 1.80. The standard InChI is InChI=1S/C14H15N3O3/c1-9-4-5-10(8-15)7-11(9)16-14(20)17-6-2-3-12(17)13(18)19/h4-5,7,12H,2-3,6H2,1H3,(H,16,20)(H,18,19)/t12-/m1/s1. The first-order chi connectivity index (χ1) is 9.52. The van der Waals surface area contributed by atoms with Gasteiger partial charge in [-0.3, -0.25) is 0 Å². The molecule has 1 aliphatic rings. The van der Waals surface area contributed by atoms with E-state index >= 15 is 0 Å². The van der Waals surface area contributed by atoms with E-state index in [2.05, 4.69) is 5.32 Å². The van der Waals surface area contributed by atoms with Gasteiger partial charge in [0.05, 0.1) is 11.6 Å². The Morgan fingerprint density at radius 3 is 2.90 bits per heavy atom. The first kappa shape index (κ1) is 13.9. The molecule has 0 bridgehead atoms. The molecule has 1 atom stereocenters. The molecule has 2 amide bonds. The summed E-state index contributed by atoms with van der Waals surface area (Å²) in [5.74, 6) is -0.986. The number of anilines is 1. The van der Waals surface area contributed by atoms with Gasteiger partial charge < -0.3 is 15.3 Å². The largest absolute Gasteiger partial charge is 0.480 e. The Morgan fingerprint density at radius 2 is 2.25 bits per heavy atom. The number of carboxylic acids is 1. The van der Waals surface area contributed by atoms with Gasteiger partial charge in [-0.15, -0.1) is 0 Å². The molecule has 2 N–H and O–H groups in total. The van der Waals surface area contributed by atoms with Crippen LogP contribution in [0, 0.1) is 18.3 Å². The molecule has 1 aromatic rings. The second-order valence-electron chi connectivity index (χ2n) is 4.76. The number of aryl methyl sites for hydroxylation is 1. The number of hydrogen-bond acceptors (Lipinski definition) is 3. The van der Waals surface area contributed by atoms with Crippen LogP contribution in [-0.4, -0.2) is 34.6 Å². The van der Waals surface area contributed by atoms with Crippen molar-refractivity contribution in [3.05, 3.63) is 29.3 Å². The quantitative estimate of drug-likeness (QED) is 0.861. The molecular formula is C14H15N3O3. The lowest BCUT2D eigenvalue weighted by Gasteiger charge is -2.22. The van der Waals surface area contributed by atoms with E-state index in [9.17, 15) is 9.59 Å². The van der Waals surface area contributed by atoms with Crippen LogP contribution in [0.5, 0.6) is 0 Å². The molecule has 1 fully saturated rings. The van der Waals surface area contributed by atoms with Crippen molar-refractivity contribution >= 4 is 17.7 Å². The highest BCUT2D eigenvalue weighted by Crippen LogP contribution is 2.21. The second kappa shape index (κ2) is 5.61. The fourth-order valence-corrected chi connectivity index (χ4v) is 2.28. The highest BCUT2D eigenvalue weighted by atomic mass is 16.4. The smallest absolute Gasteiger partial charge is 0.326 e. The Morgan fingerprint density at radius 1 is 1.50 bits per heavy atom. The molecule has 0 unspecified atom stereocenters. The van der Waals surface area contributed by atoms with Gasteiger partial charge in [-0.25, -0.2) is 9.59 Å². The number of carbonyl (C=O) groups excluding carboxylic acids is 1. The molecule has 2 rings (SSSR count). The van der Waals surface area contributed by atoms with Gasteiger partial charge in [-0.1, -0.05) is 6.07 Å². The van der Waals surface area contributed by atoms with Crippen LogP contribution in [0.1, 0.15) is 24.0 Å². The van der Waals surface area contributed by atoms with E-state index in [4.69, 9.17) is 10.4 Å². The van der Waals surface area contributed by atoms with E-state index < -0.39 is 18.0 Å². The number of urea groups is 1. The molecule has 6 heteroatoms. The molecule has 20 heavy (non-hydrogen) atoms. The fourth-order valence-electron chi connectivity index (χ4n) is 2.28. The molecule has 1 saturated heterocycles. The number of nitrogens with zero attached hydrogens (tertiary/aromatic N) is 2. The molecule has 6 nitrogen and oxygen atoms in total. The minimum absolute atomic E-state index is 0.430. The molecule has 0 aromatic heterocycles. The van der Waals surface area contributed by atoms with Gasteiger partial charge in [0.15, 0.2) is 0 Å². The van der Waals surface area contributed by atoms with E-state index in [0.717, 1.165) is 5.56 Å². The number of aliphatic carboxylic acids is 1. The highest BCUT2D eigenvalue weighted by molar-refractivity contribution is 5.93. The number of carbonyl (C=O) groups is 2. The number of carboxylic acid groups (broad SMARTS) is 1. The number of amides is 2. The highest BCUT2D eigenvalue weighted by Gasteiger charge is 2.34. The predicted octanol–water partition coefficient (Wildman–Crippen LogP) is 1.95. The molecular weight excluding hydrogens is 258 g/mol. The Bertz CT molecular complexity index is 592. The predicted molar refractivity (Wildman–Crippen MR) is 72.3 cm³/mol. The number of rotatable bonds is 2. The van der Waals surface area contributed by atoms with Crippen molar-refractivity contribution < 1.29 is 14.7 Å². The van der Waals surface area contributed by atoms with E-state index in [0.29, 0.717) is 30.6 Å². The lowest BCUT2D eigenvalue weighted by Crippen LogP contribution is -2.42. The van der Waals surface area contributed by atoms with Crippen molar-refractivity contribution in [2.75, 3.05) is 11.9 Å². The average molecular weight is 273 g/mol. The SMILES string of the molecule is Cc1ccc(C#N)cc1NC(=O)N1CCC[C@@H]1C(=O)O. The summed E-state index contributed by atoms with van der Waals surface area (Å²) >= 11 is 0. The van der Waals surface area contributed by atoms with Crippen molar-refractivity contribution in [2.45, 2.75) is 25.8 Å². The molecule has 104 valence electrons. The maximum atomic E-state index is 12.2. The van der Waals surface area contributed by atoms with Crippen molar-refractivity contribution in [2.24, 2.45) is 0 Å². The first-order valence-electron chi connectivity index (χ1n) is 6.34. The Hall–Kier alpha value is -2.55. The van der Waals surface area contributed by atoms with E-state index in [1.165, 1.54) is 4.90 Å². The number of hydrogen-bond donors (Lipinski definition) is 2. The molecule has 0 aliphatic carbocycles. The summed E-state index contributed by atoms with van der Waals surface area (Å²) in [6.45, 7) is 2.25. The minimum Gasteiger partial charge on any atom is -0.480 e. The van der Waals surface area contributed by atoms with Crippen molar-refractivity contribution in [1.29, 1.82) is 5.26 Å². The Labute approximate surface area is 116 Å². The molecule has 1 heterocycles. The van der Waals surface area contributed by atoms with Crippen LogP contribution in [0.2, 0.25) is 0 Å². The van der Waals surface area contributed by atoms with Gasteiger partial charge in [-0.2, -0.15) is 5.26 Å². The van der Waals surface area contributed by atoms with Gasteiger partial charge in [0.1, 0.15) is 6.04 Å². The van der Waals surface area contributed by atoms with Gasteiger partial charge in [0.2, 0.25) is 0 Å². The monoisotopic (exact) mass is 273 g/mol. The van der Waals surface area contributed by atoms with Crippen LogP contribution in [0.3, 0.4) is 0 Å². The third kappa shape index (κ3) is 2.72. The number of likely N-dealkylation sites (tertiary alicyclic amines) is 1. The molecule has 1 aliphatic heterocycles. The molecule has 0 saturated carbocycles. The van der Waals surface area contributed by atoms with Gasteiger partial charge in [-0.05, 0) is 37.5 Å². The zero-order valence-electron chi connectivity index (χ0n) is 11.1. The van der Waals surface area contributed by atoms with Crippen LogP contribution in [-0.2, 0) is 4.79 Å². The van der Waals surface area contributed by atoms with Gasteiger partial charge >= 0.3 is 12.0 Å². The second-order valence-corrected chi connectivity index (χ2v) is 4.76. The fraction of sp³-hybridized carbons (Fsp3) is 0.357. The number of benzene rings is 1. The normalized spacial score (nSPS) is 17.6. The van der Waals surface area contributed by atoms with E-state index in [1.54, 1.807) is 18.2 Å². The average Bonchev–Trinajstić information content (AvgIpc) is 2.90. The maximum Gasteiger partial charge on any atom is 0.326 e. The molecule has 0 radical (unpaired) electrons. The summed E-state index contributed by atoms with van der Waals surface area (Å²) in [4.78, 5) is 24.5. The molecule has 1 aromatic carbocycles. The van der Waals surface area contributed by atoms with Gasteiger partial charge in [0, 0.05) is 12.2 Å². The van der Waals surface area contributed by atoms with Crippen molar-refractivity contribution in [1.82, 2.24) is 4.90 Å². The summed E-state index contributed by atoms with van der Waals surface area (Å²) < 4.78 is 0. The summed E-state index contributed by atoms with van der Waals surface area (Å²) in [5, 5.41) is 20.6. The topological polar surface area (TPSA) is 93.4 Å². The van der Waals surface area contributed by atoms with Gasteiger partial charge in [0.25, 0.3) is 0 Å². The van der Waals surface area contributed by atoms with Crippen molar-refractivity contribution in [3.8, 4) is 6.07 Å². The number of nitrogens with one attached hydrogen (secondary N) is 1. The summed E-state index contributed by atoms with van der Waals surface area (Å²) in [6.07, 6.45) is 1.15. The van der Waals surface area contributed by atoms with Crippen molar-refractivity contribution in [3.63, 3.8) is 0 Å². The summed E-state index contributed by atoms with van der Waals surface area (Å²) in [7, 11) is 0. The zero-order valence-corrected chi connectivity index (χ0v) is 11.1. The van der Waals surface area contributed by atoms with Crippen LogP contribution >= 0.6 is 0 Å². The summed E-state index contributed by atoms with van der Waals surface area (Å²) in [6, 6.07) is 5.79. The maximum absolute atomic E-state index is 12.2.